The topological polar surface area (TPSA) is 67.4 Å². The third-order valence-electron chi connectivity index (χ3n) is 3.12. The quantitative estimate of drug-likeness (QED) is 0.573. The maximum absolute atomic E-state index is 11.9. The summed E-state index contributed by atoms with van der Waals surface area (Å²) in [5, 5.41) is 0.648. The Morgan fingerprint density at radius 3 is 2.28 bits per heavy atom. The van der Waals surface area contributed by atoms with Gasteiger partial charge in [-0.05, 0) is 48.9 Å². The third-order valence-corrected chi connectivity index (χ3v) is 4.39. The van der Waals surface area contributed by atoms with Crippen LogP contribution in [-0.4, -0.2) is 24.2 Å². The molecule has 5 nitrogen and oxygen atoms in total. The lowest BCUT2D eigenvalue weighted by molar-refractivity contribution is -0.127. The second-order valence-electron chi connectivity index (χ2n) is 5.09. The normalized spacial score (nSPS) is 10.2. The molecule has 0 bridgehead atoms. The Labute approximate surface area is 156 Å². The van der Waals surface area contributed by atoms with E-state index in [2.05, 4.69) is 10.9 Å². The first-order chi connectivity index (χ1) is 12.1. The van der Waals surface area contributed by atoms with E-state index in [9.17, 15) is 9.59 Å². The molecule has 2 N–H and O–H groups in total. The number of halogens is 1. The number of nitrogens with one attached hydrogen (secondary N) is 2. The SMILES string of the molecule is CCOc1ccc(CC(=O)NNC(=O)CSc2ccc(Cl)cc2)cc1. The highest BCUT2D eigenvalue weighted by Crippen LogP contribution is 2.19. The largest absolute Gasteiger partial charge is 0.494 e. The van der Waals surface area contributed by atoms with Gasteiger partial charge in [-0.25, -0.2) is 0 Å². The molecule has 7 heteroatoms. The van der Waals surface area contributed by atoms with E-state index in [1.807, 2.05) is 43.3 Å². The van der Waals surface area contributed by atoms with E-state index in [0.29, 0.717) is 11.6 Å². The zero-order chi connectivity index (χ0) is 18.1. The lowest BCUT2D eigenvalue weighted by Gasteiger charge is -2.08. The Morgan fingerprint density at radius 1 is 1.00 bits per heavy atom. The Kier molecular flexibility index (Phi) is 7.63. The molecule has 2 aromatic rings. The molecule has 0 spiro atoms. The lowest BCUT2D eigenvalue weighted by Crippen LogP contribution is -2.43. The van der Waals surface area contributed by atoms with Gasteiger partial charge in [0.2, 0.25) is 11.8 Å². The zero-order valence-corrected chi connectivity index (χ0v) is 15.3. The van der Waals surface area contributed by atoms with Gasteiger partial charge < -0.3 is 4.74 Å². The molecule has 0 saturated carbocycles. The van der Waals surface area contributed by atoms with Crippen molar-refractivity contribution in [1.82, 2.24) is 10.9 Å². The van der Waals surface area contributed by atoms with Gasteiger partial charge in [0.25, 0.3) is 0 Å². The number of carbonyl (C=O) groups is 2. The van der Waals surface area contributed by atoms with Crippen LogP contribution in [0.5, 0.6) is 5.75 Å². The molecule has 132 valence electrons. The van der Waals surface area contributed by atoms with Crippen LogP contribution in [0.25, 0.3) is 0 Å². The number of amides is 2. The van der Waals surface area contributed by atoms with Gasteiger partial charge in [-0.3, -0.25) is 20.4 Å². The van der Waals surface area contributed by atoms with Crippen molar-refractivity contribution in [2.45, 2.75) is 18.2 Å². The van der Waals surface area contributed by atoms with Gasteiger partial charge in [0, 0.05) is 9.92 Å². The van der Waals surface area contributed by atoms with E-state index in [0.717, 1.165) is 16.2 Å². The minimum absolute atomic E-state index is 0.178. The summed E-state index contributed by atoms with van der Waals surface area (Å²) in [5.41, 5.74) is 5.66. The molecule has 0 aliphatic rings. The van der Waals surface area contributed by atoms with Gasteiger partial charge in [-0.15, -0.1) is 11.8 Å². The Morgan fingerprint density at radius 2 is 1.64 bits per heavy atom. The van der Waals surface area contributed by atoms with Gasteiger partial charge in [-0.2, -0.15) is 0 Å². The molecule has 2 aromatic carbocycles. The summed E-state index contributed by atoms with van der Waals surface area (Å²) in [6.07, 6.45) is 0.178. The molecule has 0 aliphatic heterocycles. The molecular formula is C18H19ClN2O3S. The van der Waals surface area contributed by atoms with Crippen LogP contribution in [0.4, 0.5) is 0 Å². The van der Waals surface area contributed by atoms with Crippen molar-refractivity contribution < 1.29 is 14.3 Å². The number of carbonyl (C=O) groups excluding carboxylic acids is 2. The molecule has 0 aromatic heterocycles. The summed E-state index contributed by atoms with van der Waals surface area (Å²) in [4.78, 5) is 24.6. The first-order valence-electron chi connectivity index (χ1n) is 7.74. The first-order valence-corrected chi connectivity index (χ1v) is 9.11. The number of hydrazine groups is 1. The molecule has 2 amide bonds. The molecule has 0 atom stereocenters. The molecule has 0 fully saturated rings. The van der Waals surface area contributed by atoms with E-state index in [4.69, 9.17) is 16.3 Å². The average Bonchev–Trinajstić information content (AvgIpc) is 2.61. The fourth-order valence-corrected chi connectivity index (χ4v) is 2.78. The van der Waals surface area contributed by atoms with Crippen molar-refractivity contribution in [1.29, 1.82) is 0 Å². The molecule has 2 rings (SSSR count). The van der Waals surface area contributed by atoms with Crippen molar-refractivity contribution in [3.05, 3.63) is 59.1 Å². The maximum Gasteiger partial charge on any atom is 0.248 e. The number of benzene rings is 2. The van der Waals surface area contributed by atoms with E-state index in [1.165, 1.54) is 11.8 Å². The Hall–Kier alpha value is -2.18. The van der Waals surface area contributed by atoms with E-state index in [-0.39, 0.29) is 24.0 Å². The standard InChI is InChI=1S/C18H19ClN2O3S/c1-2-24-15-7-3-13(4-8-15)11-17(22)20-21-18(23)12-25-16-9-5-14(19)6-10-16/h3-10H,2,11-12H2,1H3,(H,20,22)(H,21,23). The van der Waals surface area contributed by atoms with E-state index < -0.39 is 0 Å². The minimum atomic E-state index is -0.283. The molecular weight excluding hydrogens is 360 g/mol. The highest BCUT2D eigenvalue weighted by molar-refractivity contribution is 8.00. The van der Waals surface area contributed by atoms with Crippen LogP contribution >= 0.6 is 23.4 Å². The van der Waals surface area contributed by atoms with Crippen LogP contribution in [0.2, 0.25) is 5.02 Å². The molecule has 0 unspecified atom stereocenters. The zero-order valence-electron chi connectivity index (χ0n) is 13.8. The van der Waals surface area contributed by atoms with Gasteiger partial charge in [0.15, 0.2) is 0 Å². The van der Waals surface area contributed by atoms with Crippen LogP contribution in [0.3, 0.4) is 0 Å². The number of hydrogen-bond donors (Lipinski definition) is 2. The number of rotatable bonds is 7. The fourth-order valence-electron chi connectivity index (χ4n) is 1.95. The van der Waals surface area contributed by atoms with Crippen LogP contribution < -0.4 is 15.6 Å². The van der Waals surface area contributed by atoms with E-state index in [1.54, 1.807) is 12.1 Å². The summed E-state index contributed by atoms with van der Waals surface area (Å²) in [6, 6.07) is 14.5. The predicted octanol–water partition coefficient (Wildman–Crippen LogP) is 3.22. The summed E-state index contributed by atoms with van der Waals surface area (Å²) in [7, 11) is 0. The van der Waals surface area contributed by atoms with Crippen molar-refractivity contribution in [3.8, 4) is 5.75 Å². The lowest BCUT2D eigenvalue weighted by atomic mass is 10.1. The van der Waals surface area contributed by atoms with Crippen LogP contribution in [0.1, 0.15) is 12.5 Å². The van der Waals surface area contributed by atoms with Crippen molar-refractivity contribution >= 4 is 35.2 Å². The van der Waals surface area contributed by atoms with Crippen molar-refractivity contribution in [2.75, 3.05) is 12.4 Å². The fraction of sp³-hybridized carbons (Fsp3) is 0.222. The maximum atomic E-state index is 11.9. The molecule has 0 aliphatic carbocycles. The van der Waals surface area contributed by atoms with Gasteiger partial charge in [0.05, 0.1) is 18.8 Å². The van der Waals surface area contributed by atoms with Gasteiger partial charge in [-0.1, -0.05) is 23.7 Å². The minimum Gasteiger partial charge on any atom is -0.494 e. The van der Waals surface area contributed by atoms with Crippen LogP contribution in [0, 0.1) is 0 Å². The summed E-state index contributed by atoms with van der Waals surface area (Å²) in [5.74, 6) is 0.401. The molecule has 0 heterocycles. The Bertz CT molecular complexity index is 705. The van der Waals surface area contributed by atoms with Crippen molar-refractivity contribution in [2.24, 2.45) is 0 Å². The molecule has 0 saturated heterocycles. The van der Waals surface area contributed by atoms with Gasteiger partial charge in [0.1, 0.15) is 5.75 Å². The Balaban J connectivity index is 1.69. The second-order valence-corrected chi connectivity index (χ2v) is 6.58. The highest BCUT2D eigenvalue weighted by Gasteiger charge is 2.07. The monoisotopic (exact) mass is 378 g/mol. The average molecular weight is 379 g/mol. The first kappa shape index (κ1) is 19.1. The number of thioether (sulfide) groups is 1. The predicted molar refractivity (Wildman–Crippen MR) is 99.8 cm³/mol. The summed E-state index contributed by atoms with van der Waals surface area (Å²) < 4.78 is 5.35. The third kappa shape index (κ3) is 7.07. The number of ether oxygens (including phenoxy) is 1. The van der Waals surface area contributed by atoms with Crippen LogP contribution in [-0.2, 0) is 16.0 Å². The second kappa shape index (κ2) is 9.96. The number of hydrogen-bond acceptors (Lipinski definition) is 4. The summed E-state index contributed by atoms with van der Waals surface area (Å²) in [6.45, 7) is 2.51. The highest BCUT2D eigenvalue weighted by atomic mass is 35.5. The van der Waals surface area contributed by atoms with Gasteiger partial charge >= 0.3 is 0 Å². The summed E-state index contributed by atoms with van der Waals surface area (Å²) >= 11 is 7.17. The smallest absolute Gasteiger partial charge is 0.248 e. The van der Waals surface area contributed by atoms with Crippen LogP contribution in [0.15, 0.2) is 53.4 Å². The molecule has 25 heavy (non-hydrogen) atoms. The van der Waals surface area contributed by atoms with Crippen molar-refractivity contribution in [3.63, 3.8) is 0 Å². The molecule has 0 radical (unpaired) electrons. The van der Waals surface area contributed by atoms with E-state index >= 15 is 0 Å².